The molecule has 1 saturated carbocycles. The first kappa shape index (κ1) is 25.5. The lowest BCUT2D eigenvalue weighted by molar-refractivity contribution is -0.00444. The Morgan fingerprint density at radius 3 is 2.55 bits per heavy atom. The number of aromatic nitrogens is 4. The highest BCUT2D eigenvalue weighted by molar-refractivity contribution is 6.37. The van der Waals surface area contributed by atoms with Gasteiger partial charge in [-0.25, -0.2) is 9.97 Å². The molecule has 1 aliphatic carbocycles. The smallest absolute Gasteiger partial charge is 0.264 e. The minimum Gasteiger partial charge on any atom is -0.367 e. The Kier molecular flexibility index (Phi) is 8.03. The van der Waals surface area contributed by atoms with Crippen molar-refractivity contribution in [3.8, 4) is 5.69 Å². The zero-order chi connectivity index (χ0) is 26.3. The predicted molar refractivity (Wildman–Crippen MR) is 147 cm³/mol. The molecule has 2 fully saturated rings. The summed E-state index contributed by atoms with van der Waals surface area (Å²) in [5, 5.41) is 19.0. The average Bonchev–Trinajstić information content (AvgIpc) is 3.38. The highest BCUT2D eigenvalue weighted by atomic mass is 16.5. The van der Waals surface area contributed by atoms with Gasteiger partial charge in [0, 0.05) is 31.1 Å². The number of hydrogen-bond acceptors (Lipinski definition) is 10. The van der Waals surface area contributed by atoms with Crippen LogP contribution in [0, 0.1) is 12.3 Å². The van der Waals surface area contributed by atoms with E-state index in [-0.39, 0.29) is 17.5 Å². The van der Waals surface area contributed by atoms with Gasteiger partial charge in [0.25, 0.3) is 5.56 Å². The third kappa shape index (κ3) is 6.23. The Morgan fingerprint density at radius 2 is 1.87 bits per heavy atom. The maximum Gasteiger partial charge on any atom is 0.264 e. The van der Waals surface area contributed by atoms with Gasteiger partial charge in [-0.05, 0) is 69.7 Å². The van der Waals surface area contributed by atoms with E-state index in [0.717, 1.165) is 62.1 Å². The fourth-order valence-corrected chi connectivity index (χ4v) is 4.79. The third-order valence-electron chi connectivity index (χ3n) is 6.81. The zero-order valence-electron chi connectivity index (χ0n) is 21.4. The summed E-state index contributed by atoms with van der Waals surface area (Å²) in [4.78, 5) is 26.5. The van der Waals surface area contributed by atoms with E-state index in [9.17, 15) is 4.79 Å². The second-order valence-corrected chi connectivity index (χ2v) is 9.66. The van der Waals surface area contributed by atoms with Gasteiger partial charge in [-0.2, -0.15) is 5.10 Å². The molecule has 198 valence electrons. The van der Waals surface area contributed by atoms with Crippen LogP contribution in [0.15, 0.2) is 58.9 Å². The van der Waals surface area contributed by atoms with Crippen LogP contribution >= 0.6 is 0 Å². The molecule has 4 heterocycles. The first-order valence-corrected chi connectivity index (χ1v) is 13.0. The molecule has 0 spiro atoms. The first-order chi connectivity index (χ1) is 18.6. The van der Waals surface area contributed by atoms with Gasteiger partial charge in [-0.1, -0.05) is 0 Å². The number of anilines is 2. The number of ether oxygens (including phenoxy) is 1. The van der Waals surface area contributed by atoms with Crippen molar-refractivity contribution in [1.29, 1.82) is 5.41 Å². The monoisotopic (exact) mass is 515 g/mol. The Hall–Kier alpha value is -4.12. The fraction of sp³-hybridized carbons (Fsp3) is 0.407. The van der Waals surface area contributed by atoms with Crippen LogP contribution in [0.5, 0.6) is 0 Å². The van der Waals surface area contributed by atoms with Crippen molar-refractivity contribution in [3.05, 3.63) is 70.7 Å². The number of rotatable bonds is 9. The van der Waals surface area contributed by atoms with Crippen molar-refractivity contribution in [1.82, 2.24) is 24.9 Å². The van der Waals surface area contributed by atoms with Gasteiger partial charge >= 0.3 is 0 Å². The fourth-order valence-electron chi connectivity index (χ4n) is 4.79. The van der Waals surface area contributed by atoms with Crippen LogP contribution in [-0.4, -0.2) is 56.4 Å². The van der Waals surface area contributed by atoms with E-state index < -0.39 is 0 Å². The van der Waals surface area contributed by atoms with Gasteiger partial charge in [0.2, 0.25) is 0 Å². The van der Waals surface area contributed by atoms with Crippen molar-refractivity contribution in [2.75, 3.05) is 17.2 Å². The lowest BCUT2D eigenvalue weighted by Crippen LogP contribution is -2.33. The normalized spacial score (nSPS) is 21.6. The molecule has 1 unspecified atom stereocenters. The summed E-state index contributed by atoms with van der Waals surface area (Å²) in [5.41, 5.74) is 4.80. The molecular formula is C27H33N9O2. The van der Waals surface area contributed by atoms with Gasteiger partial charge in [0.1, 0.15) is 23.6 Å². The molecule has 3 aromatic heterocycles. The molecular weight excluding hydrogens is 482 g/mol. The van der Waals surface area contributed by atoms with E-state index in [2.05, 4.69) is 36.1 Å². The Bertz CT molecular complexity index is 1320. The highest BCUT2D eigenvalue weighted by Crippen LogP contribution is 2.25. The van der Waals surface area contributed by atoms with Crippen LogP contribution < -0.4 is 21.6 Å². The molecule has 0 radical (unpaired) electrons. The quantitative estimate of drug-likeness (QED) is 0.251. The molecule has 11 nitrogen and oxygen atoms in total. The summed E-state index contributed by atoms with van der Waals surface area (Å²) in [6, 6.07) is 7.80. The predicted octanol–water partition coefficient (Wildman–Crippen LogP) is 3.25. The van der Waals surface area contributed by atoms with Gasteiger partial charge < -0.3 is 20.8 Å². The number of hydrogen-bond donors (Lipinski definition) is 4. The minimum absolute atomic E-state index is 0.198. The number of nitrogens with one attached hydrogen (secondary N) is 4. The Morgan fingerprint density at radius 1 is 1.05 bits per heavy atom. The topological polar surface area (TPSA) is 142 Å². The van der Waals surface area contributed by atoms with Crippen LogP contribution in [0.1, 0.15) is 49.8 Å². The van der Waals surface area contributed by atoms with Crippen LogP contribution in [0.4, 0.5) is 11.6 Å². The van der Waals surface area contributed by atoms with E-state index >= 15 is 0 Å². The van der Waals surface area contributed by atoms with Crippen molar-refractivity contribution in [3.63, 3.8) is 0 Å². The summed E-state index contributed by atoms with van der Waals surface area (Å²) in [7, 11) is 0. The summed E-state index contributed by atoms with van der Waals surface area (Å²) in [5.74, 6) is 1.56. The average molecular weight is 516 g/mol. The number of pyridine rings is 2. The highest BCUT2D eigenvalue weighted by Gasteiger charge is 2.25. The molecule has 0 amide bonds. The Balaban J connectivity index is 1.22. The van der Waals surface area contributed by atoms with Crippen molar-refractivity contribution >= 4 is 23.6 Å². The molecule has 5 rings (SSSR count). The first-order valence-electron chi connectivity index (χ1n) is 13.0. The number of hydrazone groups is 1. The van der Waals surface area contributed by atoms with Crippen LogP contribution in [0.3, 0.4) is 0 Å². The van der Waals surface area contributed by atoms with Crippen molar-refractivity contribution in [2.24, 2.45) is 5.10 Å². The summed E-state index contributed by atoms with van der Waals surface area (Å²) in [6.45, 7) is 2.61. The van der Waals surface area contributed by atoms with Gasteiger partial charge in [0.15, 0.2) is 0 Å². The molecule has 11 heteroatoms. The molecule has 1 aliphatic heterocycles. The van der Waals surface area contributed by atoms with Crippen LogP contribution in [0.2, 0.25) is 0 Å². The molecule has 2 aliphatic rings. The summed E-state index contributed by atoms with van der Waals surface area (Å²) >= 11 is 0. The number of aryl methyl sites for hydroxylation is 1. The van der Waals surface area contributed by atoms with Crippen molar-refractivity contribution in [2.45, 2.75) is 63.8 Å². The summed E-state index contributed by atoms with van der Waals surface area (Å²) in [6.07, 6.45) is 13.7. The minimum atomic E-state index is -0.271. The lowest BCUT2D eigenvalue weighted by atomic mass is 10.2. The SMILES string of the molecule is Cc1cnc(N[C@H]2CC[C@H](Nc3ccc(-n4cccc(/C(C=N)=N/NC5CCCCO5)c4=O)cn3)C2)cn1. The van der Waals surface area contributed by atoms with E-state index in [4.69, 9.17) is 10.1 Å². The van der Waals surface area contributed by atoms with E-state index in [1.807, 2.05) is 19.1 Å². The van der Waals surface area contributed by atoms with Crippen LogP contribution in [0.25, 0.3) is 5.69 Å². The van der Waals surface area contributed by atoms with E-state index in [1.54, 1.807) is 36.9 Å². The molecule has 38 heavy (non-hydrogen) atoms. The zero-order valence-corrected chi connectivity index (χ0v) is 21.4. The van der Waals surface area contributed by atoms with Crippen LogP contribution in [-0.2, 0) is 4.74 Å². The molecule has 3 atom stereocenters. The molecule has 4 N–H and O–H groups in total. The van der Waals surface area contributed by atoms with Crippen molar-refractivity contribution < 1.29 is 4.74 Å². The third-order valence-corrected chi connectivity index (χ3v) is 6.81. The summed E-state index contributed by atoms with van der Waals surface area (Å²) < 4.78 is 7.14. The second kappa shape index (κ2) is 12.0. The van der Waals surface area contributed by atoms with E-state index in [1.165, 1.54) is 4.57 Å². The van der Waals surface area contributed by atoms with Gasteiger partial charge in [-0.3, -0.25) is 19.8 Å². The maximum atomic E-state index is 13.2. The molecule has 0 aromatic carbocycles. The standard InChI is InChI=1S/C27H33N9O2/c1-18-15-30-25(17-29-18)33-20-8-7-19(13-20)32-24-10-9-21(16-31-24)36-11-4-5-22(27(36)37)23(14-28)34-35-26-6-2-3-12-38-26/h4-5,9-11,14-17,19-20,26,28,35H,2-3,6-8,12-13H2,1H3,(H,30,33)(H,31,32)/b28-14?,34-23+/t19-,20-,26?/m0/s1. The number of nitrogens with zero attached hydrogens (tertiary/aromatic N) is 5. The largest absolute Gasteiger partial charge is 0.367 e. The second-order valence-electron chi connectivity index (χ2n) is 9.66. The molecule has 3 aromatic rings. The van der Waals surface area contributed by atoms with Gasteiger partial charge in [-0.15, -0.1) is 0 Å². The van der Waals surface area contributed by atoms with Gasteiger partial charge in [0.05, 0.1) is 35.5 Å². The molecule has 0 bridgehead atoms. The lowest BCUT2D eigenvalue weighted by Gasteiger charge is -2.22. The Labute approximate surface area is 221 Å². The maximum absolute atomic E-state index is 13.2. The van der Waals surface area contributed by atoms with E-state index in [0.29, 0.717) is 29.9 Å². The molecule has 1 saturated heterocycles.